The van der Waals surface area contributed by atoms with Crippen LogP contribution in [0, 0.1) is 11.8 Å². The number of amides is 2. The van der Waals surface area contributed by atoms with E-state index < -0.39 is 17.7 Å². The Hall–Kier alpha value is -2.84. The molecule has 1 aromatic heterocycles. The molecule has 9 heteroatoms. The Morgan fingerprint density at radius 2 is 1.97 bits per heavy atom. The topological polar surface area (TPSA) is 127 Å². The third kappa shape index (κ3) is 4.77. The lowest BCUT2D eigenvalue weighted by molar-refractivity contribution is -0.130. The largest absolute Gasteiger partial charge is 0.507 e. The van der Waals surface area contributed by atoms with Gasteiger partial charge in [-0.2, -0.15) is 0 Å². The van der Waals surface area contributed by atoms with Crippen LogP contribution in [0.25, 0.3) is 11.3 Å². The number of pyridine rings is 1. The Labute approximate surface area is 198 Å². The molecule has 1 aromatic carbocycles. The van der Waals surface area contributed by atoms with E-state index in [1.807, 2.05) is 12.1 Å². The van der Waals surface area contributed by atoms with Crippen LogP contribution in [-0.4, -0.2) is 41.6 Å². The molecule has 2 fully saturated rings. The van der Waals surface area contributed by atoms with Crippen LogP contribution in [0.5, 0.6) is 11.5 Å². The quantitative estimate of drug-likeness (QED) is 0.479. The van der Waals surface area contributed by atoms with Crippen molar-refractivity contribution >= 4 is 30.0 Å². The average Bonchev–Trinajstić information content (AvgIpc) is 3.61. The number of nitrogens with zero attached hydrogens (tertiary/aromatic N) is 1. The predicted molar refractivity (Wildman–Crippen MR) is 127 cm³/mol. The molecule has 0 radical (unpaired) electrons. The second-order valence-corrected chi connectivity index (χ2v) is 9.00. The normalized spacial score (nSPS) is 20.4. The van der Waals surface area contributed by atoms with Crippen molar-refractivity contribution < 1.29 is 19.4 Å². The molecule has 5 rings (SSSR count). The molecule has 1 atom stereocenters. The number of nitrogens with one attached hydrogen (secondary N) is 2. The first-order chi connectivity index (χ1) is 15.5. The molecule has 5 N–H and O–H groups in total. The number of fused-ring (bicyclic) bond motifs is 1. The molecule has 33 heavy (non-hydrogen) atoms. The summed E-state index contributed by atoms with van der Waals surface area (Å²) in [5.74, 6) is -0.0441. The number of rotatable bonds is 6. The van der Waals surface area contributed by atoms with Crippen LogP contribution in [0.2, 0.25) is 0 Å². The molecule has 0 bridgehead atoms. The van der Waals surface area contributed by atoms with Gasteiger partial charge >= 0.3 is 0 Å². The number of benzene rings is 1. The van der Waals surface area contributed by atoms with E-state index in [1.54, 1.807) is 12.1 Å². The Kier molecular flexibility index (Phi) is 6.76. The molecule has 3 aliphatic rings. The third-order valence-corrected chi connectivity index (χ3v) is 6.68. The van der Waals surface area contributed by atoms with Crippen LogP contribution < -0.4 is 21.1 Å². The number of anilines is 1. The number of carbonyl (C=O) groups is 2. The predicted octanol–water partition coefficient (Wildman–Crippen LogP) is 2.73. The fraction of sp³-hybridized carbons (Fsp3) is 0.458. The van der Waals surface area contributed by atoms with Crippen molar-refractivity contribution in [3.8, 4) is 22.8 Å². The molecular formula is C24H29ClN4O4. The van der Waals surface area contributed by atoms with Crippen LogP contribution >= 0.6 is 12.4 Å². The standard InChI is InChI=1S/C24H28N4O4.ClH/c25-22(30)17-10-16-15(14-6-8-26-9-7-14)11-18(27-23(16)28-24(17)31)21-19(29)2-1-3-20(21)32-12-13-4-5-13;/h1-3,11,13-14,17,26,29H,4-10,12H2,(H2,25,30)(H,27,28,31);1H. The highest BCUT2D eigenvalue weighted by molar-refractivity contribution is 6.08. The summed E-state index contributed by atoms with van der Waals surface area (Å²) in [4.78, 5) is 29.1. The van der Waals surface area contributed by atoms with Gasteiger partial charge in [0.05, 0.1) is 17.9 Å². The van der Waals surface area contributed by atoms with Crippen molar-refractivity contribution in [1.82, 2.24) is 10.3 Å². The lowest BCUT2D eigenvalue weighted by Crippen LogP contribution is -2.40. The van der Waals surface area contributed by atoms with Crippen LogP contribution in [-0.2, 0) is 16.0 Å². The average molecular weight is 473 g/mol. The smallest absolute Gasteiger partial charge is 0.238 e. The van der Waals surface area contributed by atoms with E-state index in [0.29, 0.717) is 35.3 Å². The number of carbonyl (C=O) groups excluding carboxylic acids is 2. The van der Waals surface area contributed by atoms with Gasteiger partial charge in [-0.25, -0.2) is 4.98 Å². The number of aromatic nitrogens is 1. The minimum absolute atomic E-state index is 0. The fourth-order valence-electron chi connectivity index (χ4n) is 4.65. The Morgan fingerprint density at radius 1 is 1.21 bits per heavy atom. The van der Waals surface area contributed by atoms with E-state index in [2.05, 4.69) is 10.6 Å². The van der Waals surface area contributed by atoms with Crippen LogP contribution in [0.3, 0.4) is 0 Å². The van der Waals surface area contributed by atoms with Gasteiger partial charge < -0.3 is 26.2 Å². The van der Waals surface area contributed by atoms with E-state index >= 15 is 0 Å². The van der Waals surface area contributed by atoms with Crippen molar-refractivity contribution in [3.63, 3.8) is 0 Å². The van der Waals surface area contributed by atoms with Gasteiger partial charge in [0.1, 0.15) is 23.2 Å². The number of phenolic OH excluding ortho intramolecular Hbond substituents is 1. The summed E-state index contributed by atoms with van der Waals surface area (Å²) in [7, 11) is 0. The molecule has 2 aromatic rings. The van der Waals surface area contributed by atoms with Gasteiger partial charge in [-0.15, -0.1) is 12.4 Å². The Bertz CT molecular complexity index is 1070. The van der Waals surface area contributed by atoms with Crippen molar-refractivity contribution in [3.05, 3.63) is 35.4 Å². The van der Waals surface area contributed by atoms with Gasteiger partial charge in [0.25, 0.3) is 0 Å². The summed E-state index contributed by atoms with van der Waals surface area (Å²) in [6.45, 7) is 2.41. The highest BCUT2D eigenvalue weighted by atomic mass is 35.5. The number of aromatic hydroxyl groups is 1. The SMILES string of the molecule is Cl.NC(=O)C1Cc2c(C3CCNCC3)cc(-c3c(O)cccc3OCC3CC3)nc2NC1=O. The van der Waals surface area contributed by atoms with E-state index in [0.717, 1.165) is 49.9 Å². The number of primary amides is 1. The van der Waals surface area contributed by atoms with E-state index in [-0.39, 0.29) is 30.5 Å². The van der Waals surface area contributed by atoms with Gasteiger partial charge in [0.2, 0.25) is 11.8 Å². The first-order valence-corrected chi connectivity index (χ1v) is 11.3. The summed E-state index contributed by atoms with van der Waals surface area (Å²) in [5.41, 5.74) is 8.48. The van der Waals surface area contributed by atoms with Crippen molar-refractivity contribution in [2.45, 2.75) is 38.0 Å². The highest BCUT2D eigenvalue weighted by Gasteiger charge is 2.35. The second-order valence-electron chi connectivity index (χ2n) is 9.00. The molecule has 2 aliphatic heterocycles. The molecule has 1 saturated heterocycles. The Balaban J connectivity index is 0.00000259. The molecule has 2 amide bonds. The van der Waals surface area contributed by atoms with E-state index in [1.165, 1.54) is 0 Å². The summed E-state index contributed by atoms with van der Waals surface area (Å²) >= 11 is 0. The molecule has 3 heterocycles. The molecule has 1 unspecified atom stereocenters. The molecule has 8 nitrogen and oxygen atoms in total. The maximum atomic E-state index is 12.5. The summed E-state index contributed by atoms with van der Waals surface area (Å²) in [5, 5.41) is 16.9. The zero-order chi connectivity index (χ0) is 22.2. The lowest BCUT2D eigenvalue weighted by Gasteiger charge is -2.30. The second kappa shape index (κ2) is 9.57. The van der Waals surface area contributed by atoms with Gasteiger partial charge in [-0.3, -0.25) is 9.59 Å². The maximum absolute atomic E-state index is 12.5. The summed E-state index contributed by atoms with van der Waals surface area (Å²) in [6, 6.07) is 7.20. The molecule has 176 valence electrons. The first kappa shape index (κ1) is 23.3. The number of phenols is 1. The van der Waals surface area contributed by atoms with Crippen molar-refractivity contribution in [2.75, 3.05) is 25.0 Å². The number of nitrogens with two attached hydrogens (primary N) is 1. The summed E-state index contributed by atoms with van der Waals surface area (Å²) in [6.07, 6.45) is 4.46. The zero-order valence-electron chi connectivity index (χ0n) is 18.3. The Morgan fingerprint density at radius 3 is 2.67 bits per heavy atom. The number of halogens is 1. The van der Waals surface area contributed by atoms with Gasteiger partial charge in [0.15, 0.2) is 0 Å². The van der Waals surface area contributed by atoms with E-state index in [4.69, 9.17) is 15.5 Å². The van der Waals surface area contributed by atoms with Crippen LogP contribution in [0.1, 0.15) is 42.7 Å². The first-order valence-electron chi connectivity index (χ1n) is 11.3. The fourth-order valence-corrected chi connectivity index (χ4v) is 4.65. The zero-order valence-corrected chi connectivity index (χ0v) is 19.1. The highest BCUT2D eigenvalue weighted by Crippen LogP contribution is 2.43. The molecule has 1 aliphatic carbocycles. The molecular weight excluding hydrogens is 444 g/mol. The maximum Gasteiger partial charge on any atom is 0.238 e. The minimum atomic E-state index is -0.904. The van der Waals surface area contributed by atoms with Gasteiger partial charge in [-0.05, 0) is 86.4 Å². The monoisotopic (exact) mass is 472 g/mol. The number of piperidine rings is 1. The lowest BCUT2D eigenvalue weighted by atomic mass is 9.82. The third-order valence-electron chi connectivity index (χ3n) is 6.68. The number of hydrogen-bond acceptors (Lipinski definition) is 6. The van der Waals surface area contributed by atoms with Gasteiger partial charge in [-0.1, -0.05) is 6.07 Å². The van der Waals surface area contributed by atoms with Crippen LogP contribution in [0.15, 0.2) is 24.3 Å². The van der Waals surface area contributed by atoms with Gasteiger partial charge in [0, 0.05) is 0 Å². The number of hydrogen-bond donors (Lipinski definition) is 4. The molecule has 1 saturated carbocycles. The van der Waals surface area contributed by atoms with Crippen molar-refractivity contribution in [2.24, 2.45) is 17.6 Å². The minimum Gasteiger partial charge on any atom is -0.507 e. The number of ether oxygens (including phenoxy) is 1. The van der Waals surface area contributed by atoms with Crippen molar-refractivity contribution in [1.29, 1.82) is 0 Å². The van der Waals surface area contributed by atoms with Crippen LogP contribution in [0.4, 0.5) is 5.82 Å². The van der Waals surface area contributed by atoms with E-state index in [9.17, 15) is 14.7 Å². The molecule has 0 spiro atoms. The summed E-state index contributed by atoms with van der Waals surface area (Å²) < 4.78 is 6.04.